The van der Waals surface area contributed by atoms with Gasteiger partial charge < -0.3 is 64.8 Å². The summed E-state index contributed by atoms with van der Waals surface area (Å²) in [5, 5.41) is 24.5. The molecular weight excluding hydrogens is 890 g/mol. The molecule has 7 rings (SSSR count). The molecule has 16 N–H and O–H groups in total. The number of halogens is 1. The number of H-pyrrole nitrogens is 1. The normalized spacial score (nSPS) is 10.6. The third-order valence-corrected chi connectivity index (χ3v) is 7.34. The number of rotatable bonds is 8. The number of fused-ring (bicyclic) bond motifs is 1. The topological polar surface area (TPSA) is 486 Å². The number of nitrogen functional groups attached to an aromatic ring is 3. The van der Waals surface area contributed by atoms with Gasteiger partial charge in [0.1, 0.15) is 36.4 Å². The summed E-state index contributed by atoms with van der Waals surface area (Å²) in [6, 6.07) is 4.46. The lowest BCUT2D eigenvalue weighted by Gasteiger charge is -2.05. The SMILES string of the molecule is C1CCOC1.CN.CNC(=O)n1cnc(C(N)=O)c1N.Cl.Cn1nnc2c(C(N)=O)ncn2c1=O.Nc1[nH]cnc1NC=O.Nc1c(NC=O)ncn1C(=O)Oc1ccc([N+](=O)[O-])cc1. The van der Waals surface area contributed by atoms with Gasteiger partial charge in [-0.3, -0.25) is 29.3 Å². The van der Waals surface area contributed by atoms with Crippen LogP contribution in [0.15, 0.2) is 54.4 Å². The summed E-state index contributed by atoms with van der Waals surface area (Å²) in [5.74, 6) is -0.822. The maximum absolute atomic E-state index is 11.8. The van der Waals surface area contributed by atoms with Gasteiger partial charge in [-0.2, -0.15) is 4.68 Å². The Labute approximate surface area is 370 Å². The van der Waals surface area contributed by atoms with Gasteiger partial charge in [-0.15, -0.1) is 17.5 Å². The Morgan fingerprint density at radius 2 is 1.43 bits per heavy atom. The molecule has 1 fully saturated rings. The van der Waals surface area contributed by atoms with Gasteiger partial charge in [-0.25, -0.2) is 47.9 Å². The van der Waals surface area contributed by atoms with E-state index in [-0.39, 0.29) is 58.3 Å². The molecule has 5 amide bonds. The first-order chi connectivity index (χ1) is 30.6. The first-order valence-corrected chi connectivity index (χ1v) is 17.6. The Balaban J connectivity index is 0.000000424. The number of aromatic amines is 1. The number of imidazole rings is 4. The van der Waals surface area contributed by atoms with Crippen LogP contribution in [0.5, 0.6) is 5.75 Å². The number of carbonyl (C=O) groups is 6. The molecule has 1 saturated heterocycles. The number of nitro benzene ring substituents is 1. The van der Waals surface area contributed by atoms with Crippen molar-refractivity contribution in [2.45, 2.75) is 12.8 Å². The van der Waals surface area contributed by atoms with Gasteiger partial charge in [0.2, 0.25) is 12.8 Å². The fourth-order valence-corrected chi connectivity index (χ4v) is 4.33. The lowest BCUT2D eigenvalue weighted by atomic mass is 10.3. The van der Waals surface area contributed by atoms with E-state index in [0.717, 1.165) is 44.1 Å². The van der Waals surface area contributed by atoms with Crippen molar-refractivity contribution in [1.29, 1.82) is 0 Å². The van der Waals surface area contributed by atoms with E-state index >= 15 is 0 Å². The standard InChI is InChI=1S/C11H9N5O5.C6H6N6O2.C6H9N5O2.C4H6N4O.C4H8O.CH5N.ClH/c12-9-10(14-6-17)13-5-15(9)11(18)21-8-3-1-7(2-4-8)16(19)20;1-11-6(14)12-2-8-3(4(7)13)5(12)9-10-11;1-9-6(13)11-2-10-3(4(11)7)5(8)12;5-3-4(8-2-9)7-1-6-3;1-2-4-5-3-1;1-2;/h1-6H,12H2,(H,14,17);2H,1H3,(H2,7,13);2H,7H2,1H3,(H2,8,12)(H,9,13);1-2H,5H2,(H,6,7)(H,8,9);1-4H2;2H2,1H3;1H. The van der Waals surface area contributed by atoms with Crippen molar-refractivity contribution in [3.8, 4) is 5.75 Å². The number of non-ortho nitro benzene ring substituents is 1. The highest BCUT2D eigenvalue weighted by atomic mass is 35.5. The number of benzene rings is 1. The summed E-state index contributed by atoms with van der Waals surface area (Å²) in [4.78, 5) is 103. The molecule has 0 bridgehead atoms. The van der Waals surface area contributed by atoms with Crippen molar-refractivity contribution in [2.75, 3.05) is 55.1 Å². The van der Waals surface area contributed by atoms with Crippen LogP contribution in [0, 0.1) is 10.1 Å². The molecule has 33 heteroatoms. The number of hydrogen-bond donors (Lipinski definition) is 10. The van der Waals surface area contributed by atoms with Crippen molar-refractivity contribution in [3.63, 3.8) is 0 Å². The number of nitro groups is 1. The van der Waals surface area contributed by atoms with Crippen LogP contribution in [-0.4, -0.2) is 122 Å². The molecular formula is C32H44ClN21O11. The van der Waals surface area contributed by atoms with Gasteiger partial charge in [0.25, 0.3) is 17.5 Å². The van der Waals surface area contributed by atoms with Crippen molar-refractivity contribution >= 4 is 89.6 Å². The highest BCUT2D eigenvalue weighted by Crippen LogP contribution is 2.20. The zero-order valence-corrected chi connectivity index (χ0v) is 35.2. The number of aryl methyl sites for hydroxylation is 1. The third kappa shape index (κ3) is 15.4. The number of ether oxygens (including phenoxy) is 2. The van der Waals surface area contributed by atoms with E-state index < -0.39 is 34.6 Å². The molecule has 6 heterocycles. The van der Waals surface area contributed by atoms with E-state index in [1.165, 1.54) is 70.9 Å². The zero-order chi connectivity index (χ0) is 47.9. The zero-order valence-electron chi connectivity index (χ0n) is 34.4. The minimum Gasteiger partial charge on any atom is -0.410 e. The van der Waals surface area contributed by atoms with Crippen LogP contribution in [0.2, 0.25) is 0 Å². The molecule has 0 aliphatic carbocycles. The highest BCUT2D eigenvalue weighted by Gasteiger charge is 2.17. The molecule has 1 aromatic carbocycles. The second-order valence-corrected chi connectivity index (χ2v) is 11.4. The summed E-state index contributed by atoms with van der Waals surface area (Å²) >= 11 is 0. The van der Waals surface area contributed by atoms with Gasteiger partial charge >= 0.3 is 17.8 Å². The van der Waals surface area contributed by atoms with Gasteiger partial charge in [0, 0.05) is 39.4 Å². The Morgan fingerprint density at radius 3 is 1.91 bits per heavy atom. The number of nitrogens with two attached hydrogens (primary N) is 6. The number of primary amides is 2. The fraction of sp³-hybridized carbons (Fsp3) is 0.219. The quantitative estimate of drug-likeness (QED) is 0.0449. The largest absolute Gasteiger partial charge is 0.426 e. The van der Waals surface area contributed by atoms with E-state index in [2.05, 4.69) is 56.9 Å². The average Bonchev–Trinajstić information content (AvgIpc) is 4.15. The van der Waals surface area contributed by atoms with Crippen LogP contribution < -0.4 is 60.8 Å². The summed E-state index contributed by atoms with van der Waals surface area (Å²) in [6.07, 6.45) is 7.38. The maximum atomic E-state index is 11.8. The average molecular weight is 934 g/mol. The van der Waals surface area contributed by atoms with E-state index in [1.807, 2.05) is 0 Å². The molecule has 0 radical (unpaired) electrons. The van der Waals surface area contributed by atoms with Gasteiger partial charge in [-0.05, 0) is 32.0 Å². The van der Waals surface area contributed by atoms with E-state index in [1.54, 1.807) is 0 Å². The van der Waals surface area contributed by atoms with Crippen LogP contribution in [0.4, 0.5) is 44.4 Å². The second-order valence-electron chi connectivity index (χ2n) is 11.4. The van der Waals surface area contributed by atoms with Crippen LogP contribution in [0.1, 0.15) is 33.8 Å². The molecule has 1 aliphatic rings. The third-order valence-electron chi connectivity index (χ3n) is 7.34. The van der Waals surface area contributed by atoms with Gasteiger partial charge in [0.05, 0.1) is 11.3 Å². The Hall–Kier alpha value is -9.04. The minimum atomic E-state index is -0.868. The van der Waals surface area contributed by atoms with E-state index in [0.29, 0.717) is 24.5 Å². The lowest BCUT2D eigenvalue weighted by molar-refractivity contribution is -0.384. The van der Waals surface area contributed by atoms with Gasteiger partial charge in [0.15, 0.2) is 34.5 Å². The fourth-order valence-electron chi connectivity index (χ4n) is 4.33. The Bertz CT molecular complexity index is 2570. The number of anilines is 5. The number of aromatic nitrogens is 11. The van der Waals surface area contributed by atoms with Crippen molar-refractivity contribution in [3.05, 3.63) is 81.6 Å². The van der Waals surface area contributed by atoms with E-state index in [9.17, 15) is 43.7 Å². The number of amides is 5. The molecule has 1 aliphatic heterocycles. The number of hydrogen-bond acceptors (Lipinski definition) is 21. The number of nitrogens with zero attached hydrogens (tertiary/aromatic N) is 11. The van der Waals surface area contributed by atoms with Crippen LogP contribution in [-0.2, 0) is 21.4 Å². The second kappa shape index (κ2) is 27.0. The summed E-state index contributed by atoms with van der Waals surface area (Å²) in [7, 11) is 4.38. The van der Waals surface area contributed by atoms with Crippen molar-refractivity contribution in [1.82, 2.24) is 58.8 Å². The molecule has 0 saturated carbocycles. The first-order valence-electron chi connectivity index (χ1n) is 17.6. The number of nitrogens with one attached hydrogen (secondary N) is 4. The molecule has 0 spiro atoms. The summed E-state index contributed by atoms with van der Waals surface area (Å²) in [5.41, 5.74) is 30.1. The molecule has 32 nitrogen and oxygen atoms in total. The summed E-state index contributed by atoms with van der Waals surface area (Å²) in [6.45, 7) is 2.00. The van der Waals surface area contributed by atoms with Crippen LogP contribution >= 0.6 is 12.4 Å². The predicted octanol–water partition coefficient (Wildman–Crippen LogP) is -1.98. The lowest BCUT2D eigenvalue weighted by Crippen LogP contribution is -2.27. The maximum Gasteiger partial charge on any atom is 0.426 e. The molecule has 0 atom stereocenters. The molecule has 6 aromatic rings. The molecule has 65 heavy (non-hydrogen) atoms. The molecule has 5 aromatic heterocycles. The summed E-state index contributed by atoms with van der Waals surface area (Å²) < 4.78 is 13.9. The minimum absolute atomic E-state index is 0. The monoisotopic (exact) mass is 933 g/mol. The highest BCUT2D eigenvalue weighted by molar-refractivity contribution is 5.97. The van der Waals surface area contributed by atoms with Crippen molar-refractivity contribution < 1.29 is 43.2 Å². The number of carbonyl (C=O) groups excluding carboxylic acids is 6. The smallest absolute Gasteiger partial charge is 0.410 e. The Kier molecular flexibility index (Phi) is 22.4. The van der Waals surface area contributed by atoms with Crippen LogP contribution in [0.25, 0.3) is 5.65 Å². The predicted molar refractivity (Wildman–Crippen MR) is 230 cm³/mol. The van der Waals surface area contributed by atoms with E-state index in [4.69, 9.17) is 38.1 Å². The molecule has 0 unspecified atom stereocenters. The van der Waals surface area contributed by atoms with Crippen LogP contribution in [0.3, 0.4) is 0 Å². The molecule has 350 valence electrons. The Morgan fingerprint density at radius 1 is 0.862 bits per heavy atom. The first kappa shape index (κ1) is 54.0. The van der Waals surface area contributed by atoms with Gasteiger partial charge in [-0.1, -0.05) is 5.21 Å². The van der Waals surface area contributed by atoms with Crippen molar-refractivity contribution in [2.24, 2.45) is 24.2 Å².